The summed E-state index contributed by atoms with van der Waals surface area (Å²) in [6, 6.07) is -0.483. The molecule has 0 aromatic carbocycles. The molecule has 22 heavy (non-hydrogen) atoms. The van der Waals surface area contributed by atoms with Crippen LogP contribution in [0.3, 0.4) is 0 Å². The van der Waals surface area contributed by atoms with Crippen LogP contribution in [0, 0.1) is 17.8 Å². The molecule has 1 N–H and O–H groups in total. The van der Waals surface area contributed by atoms with Gasteiger partial charge in [-0.15, -0.1) is 0 Å². The van der Waals surface area contributed by atoms with Crippen molar-refractivity contribution >= 4 is 15.9 Å². The molecule has 1 heterocycles. The maximum atomic E-state index is 12.8. The molecule has 1 unspecified atom stereocenters. The minimum Gasteiger partial charge on any atom is -0.349 e. The van der Waals surface area contributed by atoms with E-state index in [0.717, 1.165) is 43.4 Å². The van der Waals surface area contributed by atoms with Crippen LogP contribution in [0.5, 0.6) is 0 Å². The fraction of sp³-hybridized carbons (Fsp3) is 0.938. The Kier molecular flexibility index (Phi) is 3.35. The predicted octanol–water partition coefficient (Wildman–Crippen LogP) is 1.50. The van der Waals surface area contributed by atoms with Crippen LogP contribution in [0.15, 0.2) is 0 Å². The lowest BCUT2D eigenvalue weighted by molar-refractivity contribution is -0.130. The van der Waals surface area contributed by atoms with Crippen LogP contribution in [0.4, 0.5) is 0 Å². The lowest BCUT2D eigenvalue weighted by atomic mass is 9.53. The Morgan fingerprint density at radius 2 is 1.64 bits per heavy atom. The Bertz CT molecular complexity index is 551. The first-order chi connectivity index (χ1) is 10.3. The van der Waals surface area contributed by atoms with Gasteiger partial charge < -0.3 is 5.32 Å². The van der Waals surface area contributed by atoms with Gasteiger partial charge in [-0.05, 0) is 69.1 Å². The van der Waals surface area contributed by atoms with Crippen molar-refractivity contribution in [3.8, 4) is 0 Å². The number of nitrogens with zero attached hydrogens (tertiary/aromatic N) is 1. The molecule has 1 atom stereocenters. The van der Waals surface area contributed by atoms with E-state index in [1.807, 2.05) is 0 Å². The Morgan fingerprint density at radius 3 is 2.14 bits per heavy atom. The number of hydrogen-bond acceptors (Lipinski definition) is 3. The van der Waals surface area contributed by atoms with E-state index in [9.17, 15) is 13.2 Å². The third-order valence-corrected chi connectivity index (χ3v) is 7.65. The molecule has 124 valence electrons. The zero-order chi connectivity index (χ0) is 15.5. The van der Waals surface area contributed by atoms with E-state index in [0.29, 0.717) is 13.0 Å². The van der Waals surface area contributed by atoms with Crippen LogP contribution in [-0.2, 0) is 14.8 Å². The number of amides is 1. The average molecular weight is 326 g/mol. The molecule has 5 rings (SSSR count). The van der Waals surface area contributed by atoms with E-state index >= 15 is 0 Å². The average Bonchev–Trinajstić information content (AvgIpc) is 2.85. The molecular formula is C16H26N2O3S. The smallest absolute Gasteiger partial charge is 0.238 e. The van der Waals surface area contributed by atoms with E-state index in [1.165, 1.54) is 29.8 Å². The predicted molar refractivity (Wildman–Crippen MR) is 83.6 cm³/mol. The number of hydrogen-bond donors (Lipinski definition) is 1. The molecule has 4 bridgehead atoms. The van der Waals surface area contributed by atoms with Gasteiger partial charge >= 0.3 is 0 Å². The van der Waals surface area contributed by atoms with E-state index in [-0.39, 0.29) is 11.4 Å². The van der Waals surface area contributed by atoms with E-state index < -0.39 is 16.1 Å². The summed E-state index contributed by atoms with van der Waals surface area (Å²) >= 11 is 0. The summed E-state index contributed by atoms with van der Waals surface area (Å²) in [6.45, 7) is 0.484. The minimum absolute atomic E-state index is 0.0302. The monoisotopic (exact) mass is 326 g/mol. The molecule has 6 heteroatoms. The van der Waals surface area contributed by atoms with Crippen LogP contribution in [-0.4, -0.2) is 43.0 Å². The van der Waals surface area contributed by atoms with Crippen molar-refractivity contribution in [1.29, 1.82) is 0 Å². The van der Waals surface area contributed by atoms with Gasteiger partial charge in [0.25, 0.3) is 0 Å². The first kappa shape index (κ1) is 14.9. The van der Waals surface area contributed by atoms with Crippen LogP contribution >= 0.6 is 0 Å². The maximum Gasteiger partial charge on any atom is 0.238 e. The highest BCUT2D eigenvalue weighted by Gasteiger charge is 2.52. The molecule has 0 radical (unpaired) electrons. The van der Waals surface area contributed by atoms with Crippen molar-refractivity contribution in [1.82, 2.24) is 9.62 Å². The van der Waals surface area contributed by atoms with Gasteiger partial charge in [-0.3, -0.25) is 4.79 Å². The molecule has 1 amide bonds. The largest absolute Gasteiger partial charge is 0.349 e. The Hall–Kier alpha value is -0.620. The molecule has 1 saturated heterocycles. The number of sulfonamides is 1. The van der Waals surface area contributed by atoms with Gasteiger partial charge in [0.05, 0.1) is 6.26 Å². The van der Waals surface area contributed by atoms with Gasteiger partial charge in [-0.25, -0.2) is 8.42 Å². The Balaban J connectivity index is 1.50. The van der Waals surface area contributed by atoms with Crippen molar-refractivity contribution in [3.63, 3.8) is 0 Å². The molecule has 5 aliphatic rings. The summed E-state index contributed by atoms with van der Waals surface area (Å²) in [5, 5.41) is 3.32. The normalized spacial score (nSPS) is 44.4. The third kappa shape index (κ3) is 2.48. The van der Waals surface area contributed by atoms with Crippen LogP contribution < -0.4 is 5.32 Å². The Labute approximate surface area is 132 Å². The standard InChI is InChI=1S/C16H26N2O3S/c1-22(20,21)18-4-2-3-14(18)15(19)17-16-8-11-5-12(9-16)7-13(6-11)10-16/h11-14H,2-10H2,1H3,(H,17,19). The summed E-state index contributed by atoms with van der Waals surface area (Å²) in [5.74, 6) is 2.29. The van der Waals surface area contributed by atoms with Crippen molar-refractivity contribution in [2.75, 3.05) is 12.8 Å². The van der Waals surface area contributed by atoms with Crippen molar-refractivity contribution in [2.24, 2.45) is 17.8 Å². The van der Waals surface area contributed by atoms with Crippen LogP contribution in [0.1, 0.15) is 51.4 Å². The van der Waals surface area contributed by atoms with Gasteiger partial charge in [0, 0.05) is 12.1 Å². The highest BCUT2D eigenvalue weighted by Crippen LogP contribution is 2.55. The Morgan fingerprint density at radius 1 is 1.09 bits per heavy atom. The highest BCUT2D eigenvalue weighted by atomic mass is 32.2. The fourth-order valence-electron chi connectivity index (χ4n) is 6.01. The van der Waals surface area contributed by atoms with Crippen molar-refractivity contribution < 1.29 is 13.2 Å². The zero-order valence-corrected chi connectivity index (χ0v) is 14.1. The number of carbonyl (C=O) groups excluding carboxylic acids is 1. The summed E-state index contributed by atoms with van der Waals surface area (Å²) in [6.07, 6.45) is 10.00. The molecule has 4 aliphatic carbocycles. The molecule has 1 aliphatic heterocycles. The lowest BCUT2D eigenvalue weighted by Gasteiger charge is -2.57. The third-order valence-electron chi connectivity index (χ3n) is 6.36. The number of rotatable bonds is 3. The SMILES string of the molecule is CS(=O)(=O)N1CCCC1C(=O)NC12CC3CC(CC(C3)C1)C2. The molecule has 0 aromatic rings. The summed E-state index contributed by atoms with van der Waals surface area (Å²) in [7, 11) is -3.29. The van der Waals surface area contributed by atoms with Gasteiger partial charge in [0.1, 0.15) is 6.04 Å². The second kappa shape index (κ2) is 4.94. The molecular weight excluding hydrogens is 300 g/mol. The zero-order valence-electron chi connectivity index (χ0n) is 13.3. The topological polar surface area (TPSA) is 66.5 Å². The van der Waals surface area contributed by atoms with Gasteiger partial charge in [-0.1, -0.05) is 0 Å². The van der Waals surface area contributed by atoms with Crippen LogP contribution in [0.25, 0.3) is 0 Å². The minimum atomic E-state index is -3.29. The fourth-order valence-corrected chi connectivity index (χ4v) is 7.13. The van der Waals surface area contributed by atoms with E-state index in [4.69, 9.17) is 0 Å². The number of carbonyl (C=O) groups is 1. The second-order valence-electron chi connectivity index (χ2n) is 8.22. The molecule has 5 fully saturated rings. The van der Waals surface area contributed by atoms with Crippen molar-refractivity contribution in [3.05, 3.63) is 0 Å². The summed E-state index contributed by atoms with van der Waals surface area (Å²) in [5.41, 5.74) is -0.0302. The van der Waals surface area contributed by atoms with Gasteiger partial charge in [0.15, 0.2) is 0 Å². The molecule has 5 nitrogen and oxygen atoms in total. The lowest BCUT2D eigenvalue weighted by Crippen LogP contribution is -2.62. The van der Waals surface area contributed by atoms with Crippen LogP contribution in [0.2, 0.25) is 0 Å². The molecule has 4 saturated carbocycles. The first-order valence-corrected chi connectivity index (χ1v) is 10.5. The quantitative estimate of drug-likeness (QED) is 0.854. The maximum absolute atomic E-state index is 12.8. The summed E-state index contributed by atoms with van der Waals surface area (Å²) in [4.78, 5) is 12.8. The van der Waals surface area contributed by atoms with Gasteiger partial charge in [0.2, 0.25) is 15.9 Å². The van der Waals surface area contributed by atoms with Gasteiger partial charge in [-0.2, -0.15) is 4.31 Å². The highest BCUT2D eigenvalue weighted by molar-refractivity contribution is 7.88. The number of nitrogens with one attached hydrogen (secondary N) is 1. The van der Waals surface area contributed by atoms with E-state index in [2.05, 4.69) is 5.32 Å². The first-order valence-electron chi connectivity index (χ1n) is 8.63. The molecule has 0 aromatic heterocycles. The van der Waals surface area contributed by atoms with E-state index in [1.54, 1.807) is 0 Å². The summed E-state index contributed by atoms with van der Waals surface area (Å²) < 4.78 is 25.1. The molecule has 0 spiro atoms. The van der Waals surface area contributed by atoms with Crippen molar-refractivity contribution in [2.45, 2.75) is 62.9 Å². The second-order valence-corrected chi connectivity index (χ2v) is 10.2.